The first-order valence-electron chi connectivity index (χ1n) is 8.09. The molecule has 0 unspecified atom stereocenters. The van der Waals surface area contributed by atoms with Crippen LogP contribution in [0.3, 0.4) is 0 Å². The fraction of sp³-hybridized carbons (Fsp3) is 0.412. The van der Waals surface area contributed by atoms with Gasteiger partial charge in [-0.15, -0.1) is 36.2 Å². The molecule has 3 N–H and O–H groups in total. The maximum Gasteiger partial charge on any atom is 0.267 e. The second-order valence-corrected chi connectivity index (χ2v) is 7.23. The molecule has 6 nitrogen and oxygen atoms in total. The number of halogens is 2. The second-order valence-electron chi connectivity index (χ2n) is 6.19. The van der Waals surface area contributed by atoms with E-state index in [9.17, 15) is 4.79 Å². The summed E-state index contributed by atoms with van der Waals surface area (Å²) in [4.78, 5) is 17.9. The van der Waals surface area contributed by atoms with Crippen molar-refractivity contribution >= 4 is 53.4 Å². The van der Waals surface area contributed by atoms with E-state index in [2.05, 4.69) is 10.3 Å². The monoisotopic (exact) mass is 417 g/mol. The molecule has 4 rings (SSSR count). The van der Waals surface area contributed by atoms with E-state index in [0.29, 0.717) is 33.7 Å². The highest BCUT2D eigenvalue weighted by Gasteiger charge is 2.24. The summed E-state index contributed by atoms with van der Waals surface area (Å²) in [6, 6.07) is 3.37. The quantitative estimate of drug-likeness (QED) is 0.716. The second kappa shape index (κ2) is 8.33. The van der Waals surface area contributed by atoms with Crippen molar-refractivity contribution in [2.75, 3.05) is 17.8 Å². The normalized spacial score (nSPS) is 15.3. The van der Waals surface area contributed by atoms with Crippen LogP contribution >= 0.6 is 36.2 Å². The smallest absolute Gasteiger partial charge is 0.267 e. The Hall–Kier alpha value is -1.70. The third-order valence-electron chi connectivity index (χ3n) is 4.52. The van der Waals surface area contributed by atoms with Crippen molar-refractivity contribution in [2.24, 2.45) is 0 Å². The van der Waals surface area contributed by atoms with E-state index < -0.39 is 0 Å². The number of carbonyl (C=O) groups is 1. The Labute approximate surface area is 168 Å². The number of aryl methyl sites for hydroxylation is 1. The highest BCUT2D eigenvalue weighted by molar-refractivity contribution is 7.14. The standard InChI is InChI=1S/C17H19N3O3S.2ClH/c1-9-15(24-17(19-9)10-4-2-3-5-10)16(21)20-12-7-14-13(6-11(12)18)22-8-23-14;;/h6-7,10H,2-5,8,18H2,1H3,(H,20,21);2*1H. The average Bonchev–Trinajstić information content (AvgIpc) is 3.26. The average molecular weight is 418 g/mol. The summed E-state index contributed by atoms with van der Waals surface area (Å²) in [5, 5.41) is 3.95. The van der Waals surface area contributed by atoms with Crippen molar-refractivity contribution in [1.82, 2.24) is 4.98 Å². The first-order valence-corrected chi connectivity index (χ1v) is 8.91. The zero-order valence-corrected chi connectivity index (χ0v) is 16.7. The Morgan fingerprint density at radius 2 is 1.88 bits per heavy atom. The van der Waals surface area contributed by atoms with E-state index in [-0.39, 0.29) is 37.5 Å². The van der Waals surface area contributed by atoms with Gasteiger partial charge in [-0.05, 0) is 19.8 Å². The Kier molecular flexibility index (Phi) is 6.60. The molecule has 2 heterocycles. The minimum Gasteiger partial charge on any atom is -0.454 e. The number of nitrogen functional groups attached to an aromatic ring is 1. The molecule has 9 heteroatoms. The lowest BCUT2D eigenvalue weighted by Crippen LogP contribution is -2.13. The lowest BCUT2D eigenvalue weighted by molar-refractivity contribution is 0.103. The number of nitrogens with one attached hydrogen (secondary N) is 1. The molecule has 0 atom stereocenters. The van der Waals surface area contributed by atoms with E-state index in [1.165, 1.54) is 37.0 Å². The number of rotatable bonds is 3. The molecule has 1 amide bonds. The van der Waals surface area contributed by atoms with Crippen molar-refractivity contribution in [1.29, 1.82) is 0 Å². The van der Waals surface area contributed by atoms with Gasteiger partial charge in [-0.1, -0.05) is 12.8 Å². The molecule has 1 fully saturated rings. The lowest BCUT2D eigenvalue weighted by Gasteiger charge is -2.08. The van der Waals surface area contributed by atoms with Crippen molar-refractivity contribution < 1.29 is 14.3 Å². The molecule has 1 aliphatic carbocycles. The number of thiazole rings is 1. The summed E-state index contributed by atoms with van der Waals surface area (Å²) < 4.78 is 10.6. The predicted octanol–water partition coefficient (Wildman–Crippen LogP) is 4.52. The molecule has 1 aliphatic heterocycles. The van der Waals surface area contributed by atoms with E-state index in [0.717, 1.165) is 10.7 Å². The minimum atomic E-state index is -0.181. The van der Waals surface area contributed by atoms with Crippen LogP contribution in [0.2, 0.25) is 0 Å². The van der Waals surface area contributed by atoms with Crippen LogP contribution < -0.4 is 20.5 Å². The molecule has 0 spiro atoms. The molecule has 0 saturated heterocycles. The van der Waals surface area contributed by atoms with Gasteiger partial charge in [0.15, 0.2) is 11.5 Å². The lowest BCUT2D eigenvalue weighted by atomic mass is 10.1. The van der Waals surface area contributed by atoms with Crippen LogP contribution in [0.4, 0.5) is 11.4 Å². The number of nitrogens with two attached hydrogens (primary N) is 1. The van der Waals surface area contributed by atoms with E-state index >= 15 is 0 Å². The SMILES string of the molecule is Cc1nc(C2CCCC2)sc1C(=O)Nc1cc2c(cc1N)OCO2.Cl.Cl. The van der Waals surface area contributed by atoms with Gasteiger partial charge in [0, 0.05) is 18.1 Å². The van der Waals surface area contributed by atoms with Crippen molar-refractivity contribution in [3.05, 3.63) is 27.7 Å². The summed E-state index contributed by atoms with van der Waals surface area (Å²) in [6.07, 6.45) is 4.84. The molecular formula is C17H21Cl2N3O3S. The molecule has 2 aromatic rings. The first-order chi connectivity index (χ1) is 11.6. The number of anilines is 2. The number of aromatic nitrogens is 1. The number of nitrogens with zero attached hydrogens (tertiary/aromatic N) is 1. The summed E-state index contributed by atoms with van der Waals surface area (Å²) in [5.41, 5.74) is 7.75. The maximum atomic E-state index is 12.6. The summed E-state index contributed by atoms with van der Waals surface area (Å²) in [7, 11) is 0. The molecular weight excluding hydrogens is 397 g/mol. The number of hydrogen-bond acceptors (Lipinski definition) is 6. The van der Waals surface area contributed by atoms with Crippen molar-refractivity contribution in [3.8, 4) is 11.5 Å². The van der Waals surface area contributed by atoms with Crippen LogP contribution in [0.15, 0.2) is 12.1 Å². The zero-order chi connectivity index (χ0) is 16.7. The highest BCUT2D eigenvalue weighted by atomic mass is 35.5. The topological polar surface area (TPSA) is 86.5 Å². The highest BCUT2D eigenvalue weighted by Crippen LogP contribution is 2.39. The third kappa shape index (κ3) is 3.84. The van der Waals surface area contributed by atoms with Crippen LogP contribution in [-0.4, -0.2) is 17.7 Å². The van der Waals surface area contributed by atoms with Crippen LogP contribution in [0.25, 0.3) is 0 Å². The summed E-state index contributed by atoms with van der Waals surface area (Å²) >= 11 is 1.50. The Balaban J connectivity index is 0.00000121. The van der Waals surface area contributed by atoms with Gasteiger partial charge in [0.25, 0.3) is 5.91 Å². The zero-order valence-electron chi connectivity index (χ0n) is 14.2. The van der Waals surface area contributed by atoms with Crippen LogP contribution in [0, 0.1) is 6.92 Å². The summed E-state index contributed by atoms with van der Waals surface area (Å²) in [6.45, 7) is 2.05. The fourth-order valence-corrected chi connectivity index (χ4v) is 4.35. The number of benzene rings is 1. The molecule has 26 heavy (non-hydrogen) atoms. The van der Waals surface area contributed by atoms with Gasteiger partial charge in [-0.3, -0.25) is 4.79 Å². The van der Waals surface area contributed by atoms with Gasteiger partial charge in [0.1, 0.15) is 4.88 Å². The maximum absolute atomic E-state index is 12.6. The number of ether oxygens (including phenoxy) is 2. The van der Waals surface area contributed by atoms with Crippen molar-refractivity contribution in [3.63, 3.8) is 0 Å². The molecule has 0 radical (unpaired) electrons. The number of fused-ring (bicyclic) bond motifs is 1. The Bertz CT molecular complexity index is 807. The largest absolute Gasteiger partial charge is 0.454 e. The predicted molar refractivity (Wildman–Crippen MR) is 107 cm³/mol. The van der Waals surface area contributed by atoms with Crippen LogP contribution in [-0.2, 0) is 0 Å². The third-order valence-corrected chi connectivity index (χ3v) is 5.84. The van der Waals surface area contributed by atoms with Gasteiger partial charge < -0.3 is 20.5 Å². The van der Waals surface area contributed by atoms with Gasteiger partial charge >= 0.3 is 0 Å². The van der Waals surface area contributed by atoms with Crippen LogP contribution in [0.1, 0.15) is 52.0 Å². The molecule has 1 aromatic carbocycles. The molecule has 1 aromatic heterocycles. The molecule has 1 saturated carbocycles. The molecule has 2 aliphatic rings. The Morgan fingerprint density at radius 3 is 2.58 bits per heavy atom. The van der Waals surface area contributed by atoms with Crippen LogP contribution in [0.5, 0.6) is 11.5 Å². The van der Waals surface area contributed by atoms with Gasteiger partial charge in [-0.25, -0.2) is 4.98 Å². The van der Waals surface area contributed by atoms with E-state index in [1.807, 2.05) is 6.92 Å². The number of amides is 1. The number of hydrogen-bond donors (Lipinski definition) is 2. The van der Waals surface area contributed by atoms with E-state index in [4.69, 9.17) is 15.2 Å². The van der Waals surface area contributed by atoms with Gasteiger partial charge in [0.2, 0.25) is 6.79 Å². The Morgan fingerprint density at radius 1 is 1.23 bits per heavy atom. The van der Waals surface area contributed by atoms with E-state index in [1.54, 1.807) is 12.1 Å². The van der Waals surface area contributed by atoms with Gasteiger partial charge in [-0.2, -0.15) is 0 Å². The fourth-order valence-electron chi connectivity index (χ4n) is 3.22. The van der Waals surface area contributed by atoms with Crippen molar-refractivity contribution in [2.45, 2.75) is 38.5 Å². The van der Waals surface area contributed by atoms with Gasteiger partial charge in [0.05, 0.1) is 22.1 Å². The first kappa shape index (κ1) is 20.6. The number of carbonyl (C=O) groups excluding carboxylic acids is 1. The molecule has 142 valence electrons. The minimum absolute atomic E-state index is 0. The molecule has 0 bridgehead atoms. The summed E-state index contributed by atoms with van der Waals surface area (Å²) in [5.74, 6) is 1.51.